The predicted octanol–water partition coefficient (Wildman–Crippen LogP) is 6.00. The zero-order valence-corrected chi connectivity index (χ0v) is 16.4. The number of hydrogen-bond donors (Lipinski definition) is 1. The highest BCUT2D eigenvalue weighted by Crippen LogP contribution is 2.48. The van der Waals surface area contributed by atoms with Gasteiger partial charge in [0.15, 0.2) is 5.78 Å². The molecule has 142 valence electrons. The van der Waals surface area contributed by atoms with E-state index in [2.05, 4.69) is 83.8 Å². The monoisotopic (exact) mass is 378 g/mol. The summed E-state index contributed by atoms with van der Waals surface area (Å²) in [7, 11) is 2.08. The summed E-state index contributed by atoms with van der Waals surface area (Å²) in [6.07, 6.45) is 4.72. The summed E-state index contributed by atoms with van der Waals surface area (Å²) < 4.78 is 2.16. The van der Waals surface area contributed by atoms with Crippen LogP contribution in [-0.4, -0.2) is 10.4 Å². The number of rotatable bonds is 1. The standard InChI is InChI=1S/C26H22N2O/c1-28-15-20(18-9-4-5-11-22(18)28)26-25-19(10-6-12-23(25)29)24-17-8-3-2-7-16(17)13-14-21(24)27-26/h2-5,7-9,11,13-15,26-27H,6,10,12H2,1H3/t26-/m0/s1. The molecule has 3 aromatic carbocycles. The number of fused-ring (bicyclic) bond motifs is 5. The van der Waals surface area contributed by atoms with Gasteiger partial charge < -0.3 is 9.88 Å². The van der Waals surface area contributed by atoms with Crippen molar-refractivity contribution in [2.75, 3.05) is 5.32 Å². The number of aryl methyl sites for hydroxylation is 1. The summed E-state index contributed by atoms with van der Waals surface area (Å²) in [5, 5.41) is 7.41. The van der Waals surface area contributed by atoms with E-state index in [0.717, 1.165) is 24.1 Å². The Balaban J connectivity index is 1.66. The number of para-hydroxylation sites is 1. The van der Waals surface area contributed by atoms with E-state index in [1.165, 1.54) is 38.4 Å². The van der Waals surface area contributed by atoms with Crippen LogP contribution in [0.1, 0.15) is 36.4 Å². The molecule has 6 rings (SSSR count). The molecule has 2 heterocycles. The lowest BCUT2D eigenvalue weighted by Crippen LogP contribution is -2.27. The lowest BCUT2D eigenvalue weighted by Gasteiger charge is -2.35. The molecule has 1 aliphatic carbocycles. The van der Waals surface area contributed by atoms with Gasteiger partial charge in [-0.3, -0.25) is 4.79 Å². The first-order valence-electron chi connectivity index (χ1n) is 10.3. The van der Waals surface area contributed by atoms with Crippen LogP contribution in [0.15, 0.2) is 72.4 Å². The fraction of sp³-hybridized carbons (Fsp3) is 0.192. The second kappa shape index (κ2) is 6.08. The molecule has 0 amide bonds. The van der Waals surface area contributed by atoms with Gasteiger partial charge in [-0.15, -0.1) is 0 Å². The molecule has 3 heteroatoms. The Hall–Kier alpha value is -3.33. The van der Waals surface area contributed by atoms with E-state index in [-0.39, 0.29) is 11.8 Å². The number of allylic oxidation sites excluding steroid dienone is 1. The lowest BCUT2D eigenvalue weighted by atomic mass is 9.77. The van der Waals surface area contributed by atoms with E-state index in [1.807, 2.05) is 0 Å². The SMILES string of the molecule is Cn1cc([C@@H]2Nc3ccc4ccccc4c3C3=C2C(=O)CCC3)c2ccccc21. The fourth-order valence-electron chi connectivity index (χ4n) is 5.24. The third-order valence-electron chi connectivity index (χ3n) is 6.51. The summed E-state index contributed by atoms with van der Waals surface area (Å²) >= 11 is 0. The lowest BCUT2D eigenvalue weighted by molar-refractivity contribution is -0.116. The molecular weight excluding hydrogens is 356 g/mol. The van der Waals surface area contributed by atoms with Crippen LogP contribution in [0.2, 0.25) is 0 Å². The van der Waals surface area contributed by atoms with E-state index in [9.17, 15) is 4.79 Å². The van der Waals surface area contributed by atoms with Gasteiger partial charge in [-0.05, 0) is 41.3 Å². The third-order valence-corrected chi connectivity index (χ3v) is 6.51. The minimum absolute atomic E-state index is 0.0995. The number of Topliss-reactive ketones (excluding diaryl/α,β-unsaturated/α-hetero) is 1. The van der Waals surface area contributed by atoms with Crippen LogP contribution in [0, 0.1) is 0 Å². The fourth-order valence-corrected chi connectivity index (χ4v) is 5.24. The molecule has 3 nitrogen and oxygen atoms in total. The molecule has 2 aliphatic rings. The number of carbonyl (C=O) groups is 1. The molecular formula is C26H22N2O. The zero-order chi connectivity index (χ0) is 19.5. The van der Waals surface area contributed by atoms with Crippen molar-refractivity contribution in [3.63, 3.8) is 0 Å². The van der Waals surface area contributed by atoms with Gasteiger partial charge in [0.2, 0.25) is 0 Å². The van der Waals surface area contributed by atoms with E-state index >= 15 is 0 Å². The Morgan fingerprint density at radius 2 is 1.72 bits per heavy atom. The highest BCUT2D eigenvalue weighted by molar-refractivity contribution is 6.13. The van der Waals surface area contributed by atoms with E-state index in [1.54, 1.807) is 0 Å². The van der Waals surface area contributed by atoms with Crippen molar-refractivity contribution in [1.82, 2.24) is 4.57 Å². The second-order valence-electron chi connectivity index (χ2n) is 8.17. The third kappa shape index (κ3) is 2.34. The largest absolute Gasteiger partial charge is 0.373 e. The van der Waals surface area contributed by atoms with Gasteiger partial charge in [0.1, 0.15) is 0 Å². The van der Waals surface area contributed by atoms with Gasteiger partial charge in [-0.25, -0.2) is 0 Å². The summed E-state index contributed by atoms with van der Waals surface area (Å²) in [5.41, 5.74) is 6.95. The number of hydrogen-bond acceptors (Lipinski definition) is 2. The van der Waals surface area contributed by atoms with E-state index < -0.39 is 0 Å². The molecule has 0 bridgehead atoms. The Kier molecular flexibility index (Phi) is 3.48. The molecule has 0 saturated carbocycles. The van der Waals surface area contributed by atoms with Gasteiger partial charge in [0.05, 0.1) is 6.04 Å². The molecule has 0 fully saturated rings. The number of nitrogens with one attached hydrogen (secondary N) is 1. The highest BCUT2D eigenvalue weighted by atomic mass is 16.1. The minimum Gasteiger partial charge on any atom is -0.373 e. The Morgan fingerprint density at radius 3 is 2.62 bits per heavy atom. The highest BCUT2D eigenvalue weighted by Gasteiger charge is 2.36. The van der Waals surface area contributed by atoms with Crippen LogP contribution in [0.3, 0.4) is 0 Å². The van der Waals surface area contributed by atoms with Crippen LogP contribution in [0.5, 0.6) is 0 Å². The maximum absolute atomic E-state index is 13.2. The number of ketones is 1. The molecule has 0 unspecified atom stereocenters. The quantitative estimate of drug-likeness (QED) is 0.440. The normalized spacial score (nSPS) is 18.7. The number of nitrogens with zero attached hydrogens (tertiary/aromatic N) is 1. The summed E-state index contributed by atoms with van der Waals surface area (Å²) in [6, 6.07) is 21.2. The molecule has 0 saturated heterocycles. The van der Waals surface area contributed by atoms with Crippen molar-refractivity contribution in [3.8, 4) is 0 Å². The first kappa shape index (κ1) is 16.6. The second-order valence-corrected chi connectivity index (χ2v) is 8.17. The molecule has 1 aliphatic heterocycles. The first-order chi connectivity index (χ1) is 14.2. The predicted molar refractivity (Wildman–Crippen MR) is 119 cm³/mol. The van der Waals surface area contributed by atoms with Gasteiger partial charge in [0.25, 0.3) is 0 Å². The summed E-state index contributed by atoms with van der Waals surface area (Å²) in [5.74, 6) is 0.287. The van der Waals surface area contributed by atoms with Gasteiger partial charge in [-0.1, -0.05) is 48.5 Å². The maximum atomic E-state index is 13.2. The smallest absolute Gasteiger partial charge is 0.161 e. The summed E-state index contributed by atoms with van der Waals surface area (Å²) in [6.45, 7) is 0. The maximum Gasteiger partial charge on any atom is 0.161 e. The van der Waals surface area contributed by atoms with Gasteiger partial charge in [0, 0.05) is 53.0 Å². The van der Waals surface area contributed by atoms with Crippen molar-refractivity contribution in [2.24, 2.45) is 7.05 Å². The number of aromatic nitrogens is 1. The van der Waals surface area contributed by atoms with Gasteiger partial charge in [-0.2, -0.15) is 0 Å². The molecule has 1 atom stereocenters. The molecule has 4 aromatic rings. The van der Waals surface area contributed by atoms with Gasteiger partial charge >= 0.3 is 0 Å². The number of carbonyl (C=O) groups excluding carboxylic acids is 1. The topological polar surface area (TPSA) is 34.0 Å². The van der Waals surface area contributed by atoms with Crippen LogP contribution in [-0.2, 0) is 11.8 Å². The molecule has 1 N–H and O–H groups in total. The number of benzene rings is 3. The zero-order valence-electron chi connectivity index (χ0n) is 16.4. The van der Waals surface area contributed by atoms with E-state index in [4.69, 9.17) is 0 Å². The Bertz CT molecular complexity index is 1340. The van der Waals surface area contributed by atoms with Crippen molar-refractivity contribution in [2.45, 2.75) is 25.3 Å². The molecule has 0 radical (unpaired) electrons. The van der Waals surface area contributed by atoms with Crippen molar-refractivity contribution < 1.29 is 4.79 Å². The molecule has 29 heavy (non-hydrogen) atoms. The van der Waals surface area contributed by atoms with E-state index in [0.29, 0.717) is 6.42 Å². The van der Waals surface area contributed by atoms with Crippen molar-refractivity contribution in [1.29, 1.82) is 0 Å². The van der Waals surface area contributed by atoms with Crippen molar-refractivity contribution in [3.05, 3.63) is 83.6 Å². The Labute approximate surface area is 169 Å². The van der Waals surface area contributed by atoms with Crippen LogP contribution in [0.25, 0.3) is 27.2 Å². The molecule has 1 aromatic heterocycles. The minimum atomic E-state index is -0.0995. The first-order valence-corrected chi connectivity index (χ1v) is 10.3. The number of anilines is 1. The van der Waals surface area contributed by atoms with Crippen molar-refractivity contribution >= 4 is 38.7 Å². The molecule has 0 spiro atoms. The van der Waals surface area contributed by atoms with Crippen LogP contribution >= 0.6 is 0 Å². The van der Waals surface area contributed by atoms with Crippen LogP contribution in [0.4, 0.5) is 5.69 Å². The van der Waals surface area contributed by atoms with Crippen LogP contribution < -0.4 is 5.32 Å². The summed E-state index contributed by atoms with van der Waals surface area (Å²) in [4.78, 5) is 13.2. The average molecular weight is 378 g/mol. The Morgan fingerprint density at radius 1 is 0.931 bits per heavy atom. The average Bonchev–Trinajstić information content (AvgIpc) is 3.09.